The number of aromatic nitrogens is 5. The summed E-state index contributed by atoms with van der Waals surface area (Å²) >= 11 is 0. The molecule has 0 spiro atoms. The van der Waals surface area contributed by atoms with Crippen LogP contribution in [0.2, 0.25) is 0 Å². The number of hydrogen-bond donors (Lipinski definition) is 0. The molecule has 0 saturated carbocycles. The maximum Gasteiger partial charge on any atom is 0.152 e. The second kappa shape index (κ2) is 4.47. The van der Waals surface area contributed by atoms with E-state index in [-0.39, 0.29) is 0 Å². The molecule has 0 aliphatic carbocycles. The van der Waals surface area contributed by atoms with Gasteiger partial charge >= 0.3 is 0 Å². The highest BCUT2D eigenvalue weighted by Crippen LogP contribution is 2.06. The van der Waals surface area contributed by atoms with Crippen LogP contribution in [-0.4, -0.2) is 24.3 Å². The zero-order valence-corrected chi connectivity index (χ0v) is 10.0. The number of rotatable bonds is 4. The number of hydrogen-bond acceptors (Lipinski definition) is 3. The molecule has 0 saturated heterocycles. The third kappa shape index (κ3) is 1.98. The van der Waals surface area contributed by atoms with E-state index in [1.165, 1.54) is 0 Å². The molecule has 0 N–H and O–H groups in total. The van der Waals surface area contributed by atoms with Crippen LogP contribution in [0, 0.1) is 6.92 Å². The van der Waals surface area contributed by atoms with Gasteiger partial charge in [-0.3, -0.25) is 0 Å². The fraction of sp³-hybridized carbons (Fsp3) is 0.545. The minimum Gasteiger partial charge on any atom is -0.327 e. The summed E-state index contributed by atoms with van der Waals surface area (Å²) in [4.78, 5) is 4.34. The Morgan fingerprint density at radius 3 is 2.69 bits per heavy atom. The average molecular weight is 219 g/mol. The highest BCUT2D eigenvalue weighted by molar-refractivity contribution is 4.99. The predicted octanol–water partition coefficient (Wildman–Crippen LogP) is 1.32. The first-order valence-corrected chi connectivity index (χ1v) is 5.57. The molecule has 0 aliphatic heterocycles. The summed E-state index contributed by atoms with van der Waals surface area (Å²) in [6.07, 6.45) is 5.95. The van der Waals surface area contributed by atoms with Crippen molar-refractivity contribution >= 4 is 0 Å². The van der Waals surface area contributed by atoms with Crippen molar-refractivity contribution in [1.29, 1.82) is 0 Å². The molecule has 2 heterocycles. The summed E-state index contributed by atoms with van der Waals surface area (Å²) in [7, 11) is 1.99. The van der Waals surface area contributed by atoms with E-state index < -0.39 is 0 Å². The summed E-state index contributed by atoms with van der Waals surface area (Å²) in [5.74, 6) is 3.02. The Hall–Kier alpha value is -1.65. The Morgan fingerprint density at radius 2 is 2.06 bits per heavy atom. The topological polar surface area (TPSA) is 48.5 Å². The fourth-order valence-corrected chi connectivity index (χ4v) is 1.68. The Labute approximate surface area is 95.1 Å². The van der Waals surface area contributed by atoms with Crippen LogP contribution in [0.25, 0.3) is 0 Å². The Balaban J connectivity index is 2.20. The number of imidazole rings is 1. The quantitative estimate of drug-likeness (QED) is 0.779. The molecule has 0 aromatic carbocycles. The lowest BCUT2D eigenvalue weighted by Crippen LogP contribution is -2.09. The minimum absolute atomic E-state index is 0.743. The van der Waals surface area contributed by atoms with Crippen LogP contribution in [0.1, 0.15) is 30.8 Å². The molecule has 0 unspecified atom stereocenters. The zero-order valence-electron chi connectivity index (χ0n) is 10.0. The summed E-state index contributed by atoms with van der Waals surface area (Å²) in [5.41, 5.74) is 0. The van der Waals surface area contributed by atoms with Gasteiger partial charge in [-0.15, -0.1) is 10.2 Å². The molecule has 16 heavy (non-hydrogen) atoms. The average Bonchev–Trinajstić information content (AvgIpc) is 2.82. The van der Waals surface area contributed by atoms with Crippen molar-refractivity contribution in [2.24, 2.45) is 7.05 Å². The van der Waals surface area contributed by atoms with Gasteiger partial charge in [0.05, 0.1) is 6.54 Å². The summed E-state index contributed by atoms with van der Waals surface area (Å²) < 4.78 is 4.14. The maximum atomic E-state index is 4.34. The van der Waals surface area contributed by atoms with E-state index in [1.54, 1.807) is 0 Å². The van der Waals surface area contributed by atoms with E-state index in [1.807, 2.05) is 30.9 Å². The van der Waals surface area contributed by atoms with Crippen molar-refractivity contribution in [1.82, 2.24) is 24.3 Å². The molecule has 5 heteroatoms. The van der Waals surface area contributed by atoms with Crippen LogP contribution in [0.5, 0.6) is 0 Å². The van der Waals surface area contributed by atoms with Gasteiger partial charge in [-0.2, -0.15) is 0 Å². The Morgan fingerprint density at radius 1 is 1.25 bits per heavy atom. The van der Waals surface area contributed by atoms with E-state index in [0.717, 1.165) is 36.9 Å². The molecule has 0 bridgehead atoms. The third-order valence-electron chi connectivity index (χ3n) is 2.77. The molecular weight excluding hydrogens is 202 g/mol. The maximum absolute atomic E-state index is 4.34. The van der Waals surface area contributed by atoms with Crippen LogP contribution >= 0.6 is 0 Å². The molecule has 0 fully saturated rings. The summed E-state index contributed by atoms with van der Waals surface area (Å²) in [6.45, 7) is 4.86. The van der Waals surface area contributed by atoms with E-state index in [0.29, 0.717) is 0 Å². The third-order valence-corrected chi connectivity index (χ3v) is 2.77. The highest BCUT2D eigenvalue weighted by Gasteiger charge is 2.08. The van der Waals surface area contributed by atoms with Gasteiger partial charge in [0.25, 0.3) is 0 Å². The lowest BCUT2D eigenvalue weighted by Gasteiger charge is -2.06. The Bertz CT molecular complexity index is 468. The summed E-state index contributed by atoms with van der Waals surface area (Å²) in [6, 6.07) is 0. The van der Waals surface area contributed by atoms with Crippen LogP contribution in [0.15, 0.2) is 12.4 Å². The van der Waals surface area contributed by atoms with Crippen molar-refractivity contribution < 1.29 is 0 Å². The lowest BCUT2D eigenvalue weighted by molar-refractivity contribution is 0.649. The highest BCUT2D eigenvalue weighted by atomic mass is 15.3. The van der Waals surface area contributed by atoms with Gasteiger partial charge in [0, 0.05) is 25.9 Å². The van der Waals surface area contributed by atoms with Crippen molar-refractivity contribution in [3.8, 4) is 0 Å². The van der Waals surface area contributed by atoms with Gasteiger partial charge in [-0.05, 0) is 13.3 Å². The molecule has 2 aromatic rings. The first-order valence-electron chi connectivity index (χ1n) is 5.57. The predicted molar refractivity (Wildman–Crippen MR) is 61.1 cm³/mol. The second-order valence-electron chi connectivity index (χ2n) is 3.94. The van der Waals surface area contributed by atoms with E-state index >= 15 is 0 Å². The van der Waals surface area contributed by atoms with Gasteiger partial charge in [-0.1, -0.05) is 6.92 Å². The van der Waals surface area contributed by atoms with Crippen molar-refractivity contribution in [2.75, 3.05) is 0 Å². The van der Waals surface area contributed by atoms with Gasteiger partial charge in [0.2, 0.25) is 0 Å². The first kappa shape index (κ1) is 10.9. The monoisotopic (exact) mass is 219 g/mol. The SMILES string of the molecule is CCCc1nccn1Cc1nnc(C)n1C. The molecule has 0 atom stereocenters. The zero-order chi connectivity index (χ0) is 11.5. The molecule has 5 nitrogen and oxygen atoms in total. The second-order valence-corrected chi connectivity index (χ2v) is 3.94. The molecule has 0 amide bonds. The van der Waals surface area contributed by atoms with Crippen LogP contribution < -0.4 is 0 Å². The van der Waals surface area contributed by atoms with E-state index in [2.05, 4.69) is 26.7 Å². The van der Waals surface area contributed by atoms with Gasteiger partial charge in [0.15, 0.2) is 5.82 Å². The Kier molecular flexibility index (Phi) is 3.03. The first-order chi connectivity index (χ1) is 7.72. The van der Waals surface area contributed by atoms with Gasteiger partial charge in [0.1, 0.15) is 11.6 Å². The van der Waals surface area contributed by atoms with Crippen LogP contribution in [0.3, 0.4) is 0 Å². The normalized spacial score (nSPS) is 10.9. The smallest absolute Gasteiger partial charge is 0.152 e. The largest absolute Gasteiger partial charge is 0.327 e. The minimum atomic E-state index is 0.743. The van der Waals surface area contributed by atoms with Crippen molar-refractivity contribution in [3.05, 3.63) is 29.9 Å². The van der Waals surface area contributed by atoms with Crippen LogP contribution in [-0.2, 0) is 20.0 Å². The van der Waals surface area contributed by atoms with Crippen molar-refractivity contribution in [2.45, 2.75) is 33.2 Å². The molecule has 2 aromatic heterocycles. The van der Waals surface area contributed by atoms with Crippen LogP contribution in [0.4, 0.5) is 0 Å². The van der Waals surface area contributed by atoms with Gasteiger partial charge < -0.3 is 9.13 Å². The van der Waals surface area contributed by atoms with Gasteiger partial charge in [-0.25, -0.2) is 4.98 Å². The fourth-order valence-electron chi connectivity index (χ4n) is 1.68. The van der Waals surface area contributed by atoms with E-state index in [4.69, 9.17) is 0 Å². The van der Waals surface area contributed by atoms with Crippen molar-refractivity contribution in [3.63, 3.8) is 0 Å². The lowest BCUT2D eigenvalue weighted by atomic mass is 10.3. The summed E-state index contributed by atoms with van der Waals surface area (Å²) in [5, 5.41) is 8.21. The molecule has 0 aliphatic rings. The molecule has 86 valence electrons. The molecule has 0 radical (unpaired) electrons. The standard InChI is InChI=1S/C11H17N5/c1-4-5-10-12-6-7-16(10)8-11-14-13-9(2)15(11)3/h6-7H,4-5,8H2,1-3H3. The molecule has 2 rings (SSSR count). The number of aryl methyl sites for hydroxylation is 2. The molecular formula is C11H17N5. The van der Waals surface area contributed by atoms with E-state index in [9.17, 15) is 0 Å². The number of nitrogens with zero attached hydrogens (tertiary/aromatic N) is 5.